The highest BCUT2D eigenvalue weighted by atomic mass is 32.2. The second-order valence-electron chi connectivity index (χ2n) is 4.45. The van der Waals surface area contributed by atoms with Gasteiger partial charge in [0.1, 0.15) is 0 Å². The lowest BCUT2D eigenvalue weighted by atomic mass is 10.2. The lowest BCUT2D eigenvalue weighted by Gasteiger charge is -2.37. The van der Waals surface area contributed by atoms with Gasteiger partial charge >= 0.3 is 0 Å². The molecule has 1 aromatic rings. The van der Waals surface area contributed by atoms with Crippen LogP contribution in [0, 0.1) is 0 Å². The van der Waals surface area contributed by atoms with Crippen molar-refractivity contribution in [2.45, 2.75) is 38.6 Å². The van der Waals surface area contributed by atoms with Crippen LogP contribution in [0.2, 0.25) is 0 Å². The number of rotatable bonds is 4. The smallest absolute Gasteiger partial charge is 0.182 e. The molecule has 0 aromatic carbocycles. The normalized spacial score (nSPS) is 26.1. The fourth-order valence-electron chi connectivity index (χ4n) is 2.03. The molecule has 1 aliphatic heterocycles. The molecule has 17 heavy (non-hydrogen) atoms. The molecule has 5 heteroatoms. The van der Waals surface area contributed by atoms with Crippen LogP contribution in [0.25, 0.3) is 0 Å². The molecule has 96 valence electrons. The molecule has 0 saturated carbocycles. The molecule has 2 unspecified atom stereocenters. The van der Waals surface area contributed by atoms with Gasteiger partial charge in [-0.25, -0.2) is 4.98 Å². The number of hydrogen-bond donors (Lipinski definition) is 1. The van der Waals surface area contributed by atoms with E-state index >= 15 is 0 Å². The van der Waals surface area contributed by atoms with Crippen LogP contribution < -0.4 is 5.32 Å². The second-order valence-corrected chi connectivity index (χ2v) is 7.05. The van der Waals surface area contributed by atoms with Gasteiger partial charge in [0.2, 0.25) is 0 Å². The number of nitrogens with zero attached hydrogens (tertiary/aromatic N) is 2. The highest BCUT2D eigenvalue weighted by Gasteiger charge is 2.25. The minimum Gasteiger partial charge on any atom is -0.362 e. The zero-order valence-corrected chi connectivity index (χ0v) is 12.4. The average molecular weight is 271 g/mol. The molecule has 0 aliphatic carbocycles. The molecule has 0 radical (unpaired) electrons. The average Bonchev–Trinajstić information content (AvgIpc) is 2.73. The third kappa shape index (κ3) is 3.36. The SMILES string of the molecule is CCNc1ncc(CN2CCSC(C)C2C)s1. The quantitative estimate of drug-likeness (QED) is 0.911. The highest BCUT2D eigenvalue weighted by molar-refractivity contribution is 8.00. The van der Waals surface area contributed by atoms with Gasteiger partial charge in [0.15, 0.2) is 5.13 Å². The summed E-state index contributed by atoms with van der Waals surface area (Å²) >= 11 is 3.87. The van der Waals surface area contributed by atoms with Gasteiger partial charge in [-0.1, -0.05) is 6.92 Å². The Morgan fingerprint density at radius 3 is 3.12 bits per heavy atom. The number of aromatic nitrogens is 1. The van der Waals surface area contributed by atoms with Crippen molar-refractivity contribution in [3.8, 4) is 0 Å². The molecule has 1 N–H and O–H groups in total. The molecule has 0 bridgehead atoms. The Balaban J connectivity index is 1.94. The summed E-state index contributed by atoms with van der Waals surface area (Å²) in [5.41, 5.74) is 0. The van der Waals surface area contributed by atoms with E-state index in [1.807, 2.05) is 6.20 Å². The van der Waals surface area contributed by atoms with Gasteiger partial charge in [0, 0.05) is 47.8 Å². The number of anilines is 1. The Bertz CT molecular complexity index is 353. The van der Waals surface area contributed by atoms with Gasteiger partial charge in [-0.3, -0.25) is 4.90 Å². The first-order valence-corrected chi connectivity index (χ1v) is 8.11. The van der Waals surface area contributed by atoms with Gasteiger partial charge in [-0.05, 0) is 13.8 Å². The van der Waals surface area contributed by atoms with E-state index in [4.69, 9.17) is 0 Å². The molecule has 1 aliphatic rings. The molecule has 1 aromatic heterocycles. The summed E-state index contributed by atoms with van der Waals surface area (Å²) in [5, 5.41) is 5.06. The van der Waals surface area contributed by atoms with Gasteiger partial charge in [-0.15, -0.1) is 11.3 Å². The Labute approximate surface area is 112 Å². The number of hydrogen-bond acceptors (Lipinski definition) is 5. The van der Waals surface area contributed by atoms with Crippen molar-refractivity contribution in [3.05, 3.63) is 11.1 Å². The summed E-state index contributed by atoms with van der Waals surface area (Å²) in [6, 6.07) is 0.665. The van der Waals surface area contributed by atoms with Crippen LogP contribution in [0.15, 0.2) is 6.20 Å². The predicted octanol–water partition coefficient (Wildman–Crippen LogP) is 2.90. The zero-order chi connectivity index (χ0) is 12.3. The van der Waals surface area contributed by atoms with Crippen LogP contribution in [0.3, 0.4) is 0 Å². The van der Waals surface area contributed by atoms with Gasteiger partial charge in [-0.2, -0.15) is 11.8 Å². The topological polar surface area (TPSA) is 28.2 Å². The van der Waals surface area contributed by atoms with E-state index in [0.29, 0.717) is 6.04 Å². The Kier molecular flexibility index (Phi) is 4.70. The fraction of sp³-hybridized carbons (Fsp3) is 0.750. The van der Waals surface area contributed by atoms with Crippen molar-refractivity contribution in [2.75, 3.05) is 24.2 Å². The molecular weight excluding hydrogens is 250 g/mol. The summed E-state index contributed by atoms with van der Waals surface area (Å²) in [4.78, 5) is 8.33. The van der Waals surface area contributed by atoms with E-state index in [1.54, 1.807) is 11.3 Å². The maximum Gasteiger partial charge on any atom is 0.182 e. The first-order valence-electron chi connectivity index (χ1n) is 6.25. The maximum absolute atomic E-state index is 4.39. The summed E-state index contributed by atoms with van der Waals surface area (Å²) in [7, 11) is 0. The zero-order valence-electron chi connectivity index (χ0n) is 10.8. The van der Waals surface area contributed by atoms with Gasteiger partial charge in [0.25, 0.3) is 0 Å². The van der Waals surface area contributed by atoms with Gasteiger partial charge in [0.05, 0.1) is 0 Å². The van der Waals surface area contributed by atoms with Crippen LogP contribution in [0.1, 0.15) is 25.6 Å². The monoisotopic (exact) mass is 271 g/mol. The van der Waals surface area contributed by atoms with E-state index in [9.17, 15) is 0 Å². The van der Waals surface area contributed by atoms with Crippen molar-refractivity contribution in [1.29, 1.82) is 0 Å². The van der Waals surface area contributed by atoms with Crippen LogP contribution in [0.4, 0.5) is 5.13 Å². The molecule has 2 atom stereocenters. The van der Waals surface area contributed by atoms with E-state index in [0.717, 1.165) is 23.5 Å². The Morgan fingerprint density at radius 2 is 2.35 bits per heavy atom. The van der Waals surface area contributed by atoms with Crippen molar-refractivity contribution in [3.63, 3.8) is 0 Å². The van der Waals surface area contributed by atoms with Crippen LogP contribution in [0.5, 0.6) is 0 Å². The van der Waals surface area contributed by atoms with Crippen LogP contribution in [-0.2, 0) is 6.54 Å². The molecule has 0 spiro atoms. The standard InChI is InChI=1S/C12H21N3S2/c1-4-13-12-14-7-11(17-12)8-15-5-6-16-10(3)9(15)2/h7,9-10H,4-6,8H2,1-3H3,(H,13,14). The first kappa shape index (κ1) is 13.2. The predicted molar refractivity (Wildman–Crippen MR) is 78.1 cm³/mol. The van der Waals surface area contributed by atoms with E-state index in [1.165, 1.54) is 17.2 Å². The largest absolute Gasteiger partial charge is 0.362 e. The van der Waals surface area contributed by atoms with Crippen molar-refractivity contribution < 1.29 is 0 Å². The van der Waals surface area contributed by atoms with E-state index in [2.05, 4.69) is 47.7 Å². The lowest BCUT2D eigenvalue weighted by molar-refractivity contribution is 0.206. The third-order valence-corrected chi connectivity index (χ3v) is 5.53. The van der Waals surface area contributed by atoms with E-state index < -0.39 is 0 Å². The summed E-state index contributed by atoms with van der Waals surface area (Å²) in [6.45, 7) is 9.97. The summed E-state index contributed by atoms with van der Waals surface area (Å²) in [5.74, 6) is 1.25. The minimum absolute atomic E-state index is 0.665. The second kappa shape index (κ2) is 6.07. The molecule has 2 rings (SSSR count). The van der Waals surface area contributed by atoms with Crippen LogP contribution >= 0.6 is 23.1 Å². The summed E-state index contributed by atoms with van der Waals surface area (Å²) in [6.07, 6.45) is 2.02. The van der Waals surface area contributed by atoms with Crippen molar-refractivity contribution in [2.24, 2.45) is 0 Å². The number of thiazole rings is 1. The van der Waals surface area contributed by atoms with Gasteiger partial charge < -0.3 is 5.32 Å². The van der Waals surface area contributed by atoms with Crippen molar-refractivity contribution in [1.82, 2.24) is 9.88 Å². The van der Waals surface area contributed by atoms with E-state index in [-0.39, 0.29) is 0 Å². The number of nitrogens with one attached hydrogen (secondary N) is 1. The Hall–Kier alpha value is -0.260. The molecule has 0 amide bonds. The third-order valence-electron chi connectivity index (χ3n) is 3.26. The first-order chi connectivity index (χ1) is 8.20. The minimum atomic E-state index is 0.665. The molecule has 2 heterocycles. The van der Waals surface area contributed by atoms with Crippen molar-refractivity contribution >= 4 is 28.2 Å². The number of thioether (sulfide) groups is 1. The summed E-state index contributed by atoms with van der Waals surface area (Å²) < 4.78 is 0. The maximum atomic E-state index is 4.39. The molecule has 1 saturated heterocycles. The highest BCUT2D eigenvalue weighted by Crippen LogP contribution is 2.27. The fourth-order valence-corrected chi connectivity index (χ4v) is 4.10. The molecule has 3 nitrogen and oxygen atoms in total. The molecular formula is C12H21N3S2. The molecule has 1 fully saturated rings. The van der Waals surface area contributed by atoms with Crippen LogP contribution in [-0.4, -0.2) is 40.0 Å². The lowest BCUT2D eigenvalue weighted by Crippen LogP contribution is -2.43. The Morgan fingerprint density at radius 1 is 1.53 bits per heavy atom.